The number of amides is 1. The molecule has 0 heterocycles. The molecule has 0 fully saturated rings. The van der Waals surface area contributed by atoms with Crippen LogP contribution >= 0.6 is 7.82 Å². The number of quaternary nitrogens is 1. The van der Waals surface area contributed by atoms with Crippen LogP contribution in [0.3, 0.4) is 0 Å². The summed E-state index contributed by atoms with van der Waals surface area (Å²) >= 11 is 0. The third kappa shape index (κ3) is 63.2. The Bertz CT molecular complexity index is 1810. The minimum Gasteiger partial charge on any atom is -0.756 e. The third-order valence-corrected chi connectivity index (χ3v) is 15.9. The molecule has 3 atom stereocenters. The second kappa shape index (κ2) is 62.7. The minimum absolute atomic E-state index is 0.0397. The Labute approximate surface area is 519 Å². The third-order valence-electron chi connectivity index (χ3n) is 15.0. The molecular weight excluding hydrogens is 1060 g/mol. The Morgan fingerprint density at radius 3 is 1.19 bits per heavy atom. The molecular formula is C74H131N2O7P. The number of rotatable bonds is 62. The number of esters is 1. The van der Waals surface area contributed by atoms with Gasteiger partial charge in [-0.3, -0.25) is 14.2 Å². The first-order valence-corrected chi connectivity index (χ1v) is 36.2. The van der Waals surface area contributed by atoms with Crippen molar-refractivity contribution in [1.82, 2.24) is 5.32 Å². The average Bonchev–Trinajstić information content (AvgIpc) is 3.64. The van der Waals surface area contributed by atoms with Gasteiger partial charge in [0.05, 0.1) is 33.8 Å². The number of likely N-dealkylation sites (N-methyl/N-ethyl adjacent to an activating group) is 1. The monoisotopic (exact) mass is 1190 g/mol. The predicted octanol–water partition coefficient (Wildman–Crippen LogP) is 21.4. The van der Waals surface area contributed by atoms with Gasteiger partial charge in [-0.15, -0.1) is 0 Å². The normalized spacial score (nSPS) is 14.2. The molecule has 1 N–H and O–H groups in total. The number of phosphoric acid groups is 1. The van der Waals surface area contributed by atoms with Gasteiger partial charge in [0.15, 0.2) is 0 Å². The molecule has 0 saturated carbocycles. The van der Waals surface area contributed by atoms with Crippen LogP contribution in [0.1, 0.15) is 297 Å². The van der Waals surface area contributed by atoms with Crippen molar-refractivity contribution in [3.63, 3.8) is 0 Å². The highest BCUT2D eigenvalue weighted by Gasteiger charge is 2.27. The van der Waals surface area contributed by atoms with Crippen molar-refractivity contribution in [2.75, 3.05) is 40.9 Å². The molecule has 0 rings (SSSR count). The number of unbranched alkanes of at least 4 members (excludes halogenated alkanes) is 30. The van der Waals surface area contributed by atoms with Crippen LogP contribution in [0.15, 0.2) is 109 Å². The Kier molecular flexibility index (Phi) is 60.2. The van der Waals surface area contributed by atoms with Gasteiger partial charge in [-0.1, -0.05) is 291 Å². The summed E-state index contributed by atoms with van der Waals surface area (Å²) in [7, 11) is 1.13. The number of carbonyl (C=O) groups is 2. The summed E-state index contributed by atoms with van der Waals surface area (Å²) in [6.45, 7) is 6.66. The number of allylic oxidation sites excluding steroid dienone is 17. The first-order valence-electron chi connectivity index (χ1n) is 34.7. The summed E-state index contributed by atoms with van der Waals surface area (Å²) in [5.41, 5.74) is 0. The lowest BCUT2D eigenvalue weighted by molar-refractivity contribution is -0.870. The lowest BCUT2D eigenvalue weighted by Crippen LogP contribution is -2.47. The number of carbonyl (C=O) groups excluding carboxylic acids is 2. The average molecular weight is 1190 g/mol. The molecule has 0 saturated heterocycles. The van der Waals surface area contributed by atoms with Gasteiger partial charge >= 0.3 is 5.97 Å². The van der Waals surface area contributed by atoms with E-state index in [1.165, 1.54) is 173 Å². The van der Waals surface area contributed by atoms with Gasteiger partial charge in [0, 0.05) is 12.8 Å². The second-order valence-electron chi connectivity index (χ2n) is 24.3. The topological polar surface area (TPSA) is 114 Å². The van der Waals surface area contributed by atoms with Crippen LogP contribution in [0.4, 0.5) is 0 Å². The molecule has 84 heavy (non-hydrogen) atoms. The number of hydrogen-bond acceptors (Lipinski definition) is 7. The minimum atomic E-state index is -4.73. The fourth-order valence-electron chi connectivity index (χ4n) is 9.64. The van der Waals surface area contributed by atoms with Crippen molar-refractivity contribution < 1.29 is 37.3 Å². The standard InChI is InChI=1S/C74H131N2O7P/c1-7-10-13-16-19-22-25-28-30-32-34-35-36-37-38-39-40-41-43-45-47-49-52-55-58-61-64-67-74(78)83-72(65-62-59-56-53-50-27-24-21-18-15-12-9-3)71(70-82-84(79,80)81-69-68-76(4,5)6)75-73(77)66-63-60-57-54-51-48-46-44-42-33-31-29-26-23-20-17-14-11-8-2/h11,14,19-20,22-23,28-31,42,44,48,51,57,60,62,65,71-72H,7-10,12-13,15-18,21,24-27,32-41,43,45-47,49-50,52-56,58-59,61,63-64,66-70H2,1-6H3,(H-,75,77,79,80)/b14-11-,22-19-,23-20-,30-28-,31-29-,44-42-,51-48-,60-57-,65-62-. The fraction of sp³-hybridized carbons (Fsp3) is 0.730. The number of ether oxygens (including phenoxy) is 1. The van der Waals surface area contributed by atoms with Gasteiger partial charge in [0.2, 0.25) is 5.91 Å². The smallest absolute Gasteiger partial charge is 0.306 e. The van der Waals surface area contributed by atoms with Crippen LogP contribution in [0.5, 0.6) is 0 Å². The van der Waals surface area contributed by atoms with Crippen molar-refractivity contribution in [3.05, 3.63) is 109 Å². The van der Waals surface area contributed by atoms with Gasteiger partial charge in [-0.25, -0.2) is 0 Å². The van der Waals surface area contributed by atoms with E-state index in [1.54, 1.807) is 0 Å². The van der Waals surface area contributed by atoms with Gasteiger partial charge in [0.1, 0.15) is 19.3 Å². The van der Waals surface area contributed by atoms with Crippen LogP contribution in [0, 0.1) is 0 Å². The van der Waals surface area contributed by atoms with E-state index >= 15 is 0 Å². The second-order valence-corrected chi connectivity index (χ2v) is 25.7. The summed E-state index contributed by atoms with van der Waals surface area (Å²) in [4.78, 5) is 40.1. The zero-order valence-corrected chi connectivity index (χ0v) is 56.2. The molecule has 0 aliphatic heterocycles. The zero-order chi connectivity index (χ0) is 61.4. The van der Waals surface area contributed by atoms with E-state index in [0.717, 1.165) is 83.5 Å². The molecule has 484 valence electrons. The number of nitrogens with one attached hydrogen (secondary N) is 1. The number of nitrogens with zero attached hydrogens (tertiary/aromatic N) is 1. The Morgan fingerprint density at radius 2 is 0.774 bits per heavy atom. The summed E-state index contributed by atoms with van der Waals surface area (Å²) in [5.74, 6) is -0.637. The quantitative estimate of drug-likeness (QED) is 0.0212. The van der Waals surface area contributed by atoms with E-state index in [-0.39, 0.29) is 31.3 Å². The first-order chi connectivity index (χ1) is 40.9. The van der Waals surface area contributed by atoms with Gasteiger partial charge < -0.3 is 28.5 Å². The van der Waals surface area contributed by atoms with Crippen molar-refractivity contribution in [3.8, 4) is 0 Å². The van der Waals surface area contributed by atoms with Crippen molar-refractivity contribution >= 4 is 19.7 Å². The van der Waals surface area contributed by atoms with Crippen molar-refractivity contribution in [2.24, 2.45) is 0 Å². The van der Waals surface area contributed by atoms with E-state index in [4.69, 9.17) is 13.8 Å². The summed E-state index contributed by atoms with van der Waals surface area (Å²) in [6.07, 6.45) is 86.7. The summed E-state index contributed by atoms with van der Waals surface area (Å²) < 4.78 is 30.3. The lowest BCUT2D eigenvalue weighted by Gasteiger charge is -2.30. The van der Waals surface area contributed by atoms with Crippen molar-refractivity contribution in [1.29, 1.82) is 0 Å². The largest absolute Gasteiger partial charge is 0.756 e. The molecule has 0 radical (unpaired) electrons. The molecule has 0 aliphatic carbocycles. The highest BCUT2D eigenvalue weighted by atomic mass is 31.2. The van der Waals surface area contributed by atoms with Crippen LogP contribution in [0.25, 0.3) is 0 Å². The summed E-state index contributed by atoms with van der Waals surface area (Å²) in [5, 5.41) is 2.99. The molecule has 0 aromatic carbocycles. The van der Waals surface area contributed by atoms with Crippen LogP contribution in [-0.2, 0) is 27.9 Å². The van der Waals surface area contributed by atoms with E-state index in [1.807, 2.05) is 45.4 Å². The fourth-order valence-corrected chi connectivity index (χ4v) is 10.4. The molecule has 10 heteroatoms. The van der Waals surface area contributed by atoms with Crippen LogP contribution < -0.4 is 10.2 Å². The zero-order valence-electron chi connectivity index (χ0n) is 55.3. The Morgan fingerprint density at radius 1 is 0.429 bits per heavy atom. The predicted molar refractivity (Wildman–Crippen MR) is 362 cm³/mol. The SMILES string of the molecule is CC/C=C\C/C=C\C/C=C\C/C=C\C/C=C\C/C=C\CCC(=O)NC(COP(=O)([O-])OCC[N+](C)(C)C)C(/C=C\CCCCCCCCCCCC)OC(=O)CCCCCCCCCCCCCCCCCCC/C=C\C/C=C\CCCCC. The molecule has 0 bridgehead atoms. The molecule has 9 nitrogen and oxygen atoms in total. The van der Waals surface area contributed by atoms with Crippen molar-refractivity contribution in [2.45, 2.75) is 309 Å². The van der Waals surface area contributed by atoms with Gasteiger partial charge in [-0.2, -0.15) is 0 Å². The highest BCUT2D eigenvalue weighted by molar-refractivity contribution is 7.45. The van der Waals surface area contributed by atoms with E-state index in [9.17, 15) is 19.0 Å². The Balaban J connectivity index is 5.13. The maximum atomic E-state index is 13.5. The maximum absolute atomic E-state index is 13.5. The molecule has 0 aliphatic rings. The van der Waals surface area contributed by atoms with E-state index < -0.39 is 26.6 Å². The lowest BCUT2D eigenvalue weighted by atomic mass is 10.0. The summed E-state index contributed by atoms with van der Waals surface area (Å²) in [6, 6.07) is -0.935. The van der Waals surface area contributed by atoms with Crippen LogP contribution in [-0.4, -0.2) is 69.4 Å². The molecule has 0 aromatic heterocycles. The van der Waals surface area contributed by atoms with Gasteiger partial charge in [-0.05, 0) is 102 Å². The first kappa shape index (κ1) is 80.7. The molecule has 3 unspecified atom stereocenters. The van der Waals surface area contributed by atoms with Crippen LogP contribution in [0.2, 0.25) is 0 Å². The molecule has 0 aromatic rings. The van der Waals surface area contributed by atoms with E-state index in [0.29, 0.717) is 17.4 Å². The maximum Gasteiger partial charge on any atom is 0.306 e. The number of hydrogen-bond donors (Lipinski definition) is 1. The molecule has 1 amide bonds. The highest BCUT2D eigenvalue weighted by Crippen LogP contribution is 2.38. The Hall–Kier alpha value is -3.33. The molecule has 0 spiro atoms. The van der Waals surface area contributed by atoms with E-state index in [2.05, 4.69) is 111 Å². The van der Waals surface area contributed by atoms with Gasteiger partial charge in [0.25, 0.3) is 7.82 Å². The number of phosphoric ester groups is 1.